The van der Waals surface area contributed by atoms with Gasteiger partial charge in [0, 0.05) is 6.04 Å². The maximum Gasteiger partial charge on any atom is 0.349 e. The van der Waals surface area contributed by atoms with Crippen LogP contribution in [0.3, 0.4) is 0 Å². The molecule has 3 amide bonds. The summed E-state index contributed by atoms with van der Waals surface area (Å²) in [6.07, 6.45) is 5.43. The second kappa shape index (κ2) is 10.9. The van der Waals surface area contributed by atoms with Crippen molar-refractivity contribution in [2.75, 3.05) is 13.7 Å². The first kappa shape index (κ1) is 22.0. The molecule has 1 aliphatic carbocycles. The van der Waals surface area contributed by atoms with E-state index in [1.54, 1.807) is 30.3 Å². The molecule has 1 aromatic rings. The van der Waals surface area contributed by atoms with E-state index >= 15 is 0 Å². The minimum Gasteiger partial charge on any atom is -0.497 e. The van der Waals surface area contributed by atoms with Crippen molar-refractivity contribution in [1.29, 1.82) is 5.26 Å². The van der Waals surface area contributed by atoms with E-state index < -0.39 is 24.5 Å². The topological polar surface area (TPSA) is 118 Å². The lowest BCUT2D eigenvalue weighted by molar-refractivity contribution is -0.144. The number of nitrogens with zero attached hydrogens (tertiary/aromatic N) is 1. The Hall–Kier alpha value is -3.34. The van der Waals surface area contributed by atoms with Crippen LogP contribution in [0.4, 0.5) is 4.79 Å². The monoisotopic (exact) mass is 399 g/mol. The van der Waals surface area contributed by atoms with Gasteiger partial charge in [0.15, 0.2) is 6.61 Å². The van der Waals surface area contributed by atoms with Crippen molar-refractivity contribution in [2.45, 2.75) is 38.6 Å². The highest BCUT2D eigenvalue weighted by molar-refractivity contribution is 6.00. The molecule has 2 rings (SSSR count). The van der Waals surface area contributed by atoms with Crippen LogP contribution in [0, 0.1) is 17.2 Å². The molecule has 2 atom stereocenters. The molecule has 0 spiro atoms. The number of carbonyl (C=O) groups excluding carboxylic acids is 3. The van der Waals surface area contributed by atoms with Gasteiger partial charge in [0.1, 0.15) is 17.4 Å². The van der Waals surface area contributed by atoms with Gasteiger partial charge in [-0.25, -0.2) is 9.59 Å². The predicted molar refractivity (Wildman–Crippen MR) is 106 cm³/mol. The number of nitriles is 1. The van der Waals surface area contributed by atoms with Gasteiger partial charge in [0.25, 0.3) is 5.91 Å². The third kappa shape index (κ3) is 6.96. The van der Waals surface area contributed by atoms with Gasteiger partial charge in [0.2, 0.25) is 0 Å². The van der Waals surface area contributed by atoms with Crippen LogP contribution in [0.15, 0.2) is 29.8 Å². The molecule has 1 aromatic carbocycles. The van der Waals surface area contributed by atoms with Crippen molar-refractivity contribution < 1.29 is 23.9 Å². The van der Waals surface area contributed by atoms with Gasteiger partial charge < -0.3 is 14.8 Å². The number of esters is 1. The van der Waals surface area contributed by atoms with Crippen molar-refractivity contribution in [2.24, 2.45) is 5.92 Å². The van der Waals surface area contributed by atoms with E-state index in [9.17, 15) is 14.4 Å². The average Bonchev–Trinajstić information content (AvgIpc) is 2.72. The van der Waals surface area contributed by atoms with Crippen molar-refractivity contribution in [3.8, 4) is 11.8 Å². The summed E-state index contributed by atoms with van der Waals surface area (Å²) in [5, 5.41) is 14.1. The number of urea groups is 1. The number of imide groups is 1. The minimum atomic E-state index is -0.945. The maximum atomic E-state index is 12.0. The molecular weight excluding hydrogens is 374 g/mol. The zero-order chi connectivity index (χ0) is 21.2. The van der Waals surface area contributed by atoms with E-state index in [1.807, 2.05) is 0 Å². The summed E-state index contributed by atoms with van der Waals surface area (Å²) in [5.41, 5.74) is 0.341. The molecule has 1 fully saturated rings. The largest absolute Gasteiger partial charge is 0.497 e. The molecule has 0 unspecified atom stereocenters. The highest BCUT2D eigenvalue weighted by atomic mass is 16.5. The van der Waals surface area contributed by atoms with Crippen LogP contribution < -0.4 is 15.4 Å². The van der Waals surface area contributed by atoms with Gasteiger partial charge in [-0.05, 0) is 42.5 Å². The molecule has 2 N–H and O–H groups in total. The second-order valence-electron chi connectivity index (χ2n) is 6.91. The average molecular weight is 399 g/mol. The number of rotatable bonds is 6. The summed E-state index contributed by atoms with van der Waals surface area (Å²) in [6.45, 7) is 1.40. The Balaban J connectivity index is 1.82. The van der Waals surface area contributed by atoms with Crippen LogP contribution in [-0.4, -0.2) is 37.7 Å². The first-order valence-electron chi connectivity index (χ1n) is 9.46. The standard InChI is InChI=1S/C21H25N3O5/c1-14-5-3-4-6-18(14)23-21(27)24-19(25)13-29-20(26)16(12-22)11-15-7-9-17(28-2)10-8-15/h7-11,14,18H,3-6,13H2,1-2H3,(H2,23,24,25,27)/b16-11+/t14-,18+/m0/s1. The first-order chi connectivity index (χ1) is 13.9. The first-order valence-corrected chi connectivity index (χ1v) is 9.46. The Kier molecular flexibility index (Phi) is 8.22. The van der Waals surface area contributed by atoms with Crippen LogP contribution in [0.2, 0.25) is 0 Å². The second-order valence-corrected chi connectivity index (χ2v) is 6.91. The maximum absolute atomic E-state index is 12.0. The van der Waals surface area contributed by atoms with Gasteiger partial charge in [-0.2, -0.15) is 5.26 Å². The molecule has 1 saturated carbocycles. The fraction of sp³-hybridized carbons (Fsp3) is 0.429. The van der Waals surface area contributed by atoms with Gasteiger partial charge >= 0.3 is 12.0 Å². The number of hydrogen-bond donors (Lipinski definition) is 2. The smallest absolute Gasteiger partial charge is 0.349 e. The van der Waals surface area contributed by atoms with E-state index in [2.05, 4.69) is 17.6 Å². The van der Waals surface area contributed by atoms with Crippen molar-refractivity contribution in [3.63, 3.8) is 0 Å². The zero-order valence-corrected chi connectivity index (χ0v) is 16.6. The number of benzene rings is 1. The van der Waals surface area contributed by atoms with E-state index in [0.29, 0.717) is 17.2 Å². The number of nitrogens with one attached hydrogen (secondary N) is 2. The van der Waals surface area contributed by atoms with E-state index in [0.717, 1.165) is 25.7 Å². The lowest BCUT2D eigenvalue weighted by Crippen LogP contribution is -2.48. The molecule has 0 saturated heterocycles. The van der Waals surface area contributed by atoms with Gasteiger partial charge in [-0.1, -0.05) is 31.9 Å². The molecule has 0 aromatic heterocycles. The Labute approximate surface area is 169 Å². The van der Waals surface area contributed by atoms with Crippen LogP contribution in [0.5, 0.6) is 5.75 Å². The van der Waals surface area contributed by atoms with Crippen LogP contribution in [0.1, 0.15) is 38.2 Å². The van der Waals surface area contributed by atoms with E-state index in [-0.39, 0.29) is 11.6 Å². The van der Waals surface area contributed by atoms with Crippen molar-refractivity contribution in [1.82, 2.24) is 10.6 Å². The number of hydrogen-bond acceptors (Lipinski definition) is 6. The minimum absolute atomic E-state index is 0.0247. The predicted octanol–water partition coefficient (Wildman–Crippen LogP) is 2.55. The summed E-state index contributed by atoms with van der Waals surface area (Å²) in [5.74, 6) is -0.717. The molecule has 29 heavy (non-hydrogen) atoms. The molecule has 154 valence electrons. The summed E-state index contributed by atoms with van der Waals surface area (Å²) in [7, 11) is 1.53. The number of ether oxygens (including phenoxy) is 2. The molecule has 0 aliphatic heterocycles. The molecule has 8 nitrogen and oxygen atoms in total. The zero-order valence-electron chi connectivity index (χ0n) is 16.6. The van der Waals surface area contributed by atoms with Crippen LogP contribution >= 0.6 is 0 Å². The van der Waals surface area contributed by atoms with Crippen LogP contribution in [0.25, 0.3) is 6.08 Å². The van der Waals surface area contributed by atoms with Gasteiger partial charge in [-0.15, -0.1) is 0 Å². The Morgan fingerprint density at radius 3 is 2.52 bits per heavy atom. The van der Waals surface area contributed by atoms with E-state index in [1.165, 1.54) is 13.2 Å². The third-order valence-electron chi connectivity index (χ3n) is 4.78. The van der Waals surface area contributed by atoms with Crippen LogP contribution in [-0.2, 0) is 14.3 Å². The molecule has 0 bridgehead atoms. The fourth-order valence-corrected chi connectivity index (χ4v) is 3.11. The lowest BCUT2D eigenvalue weighted by atomic mass is 9.86. The molecular formula is C21H25N3O5. The Bertz CT molecular complexity index is 811. The third-order valence-corrected chi connectivity index (χ3v) is 4.78. The normalized spacial score (nSPS) is 18.9. The van der Waals surface area contributed by atoms with E-state index in [4.69, 9.17) is 14.7 Å². The number of carbonyl (C=O) groups is 3. The number of methoxy groups -OCH3 is 1. The lowest BCUT2D eigenvalue weighted by Gasteiger charge is -2.29. The summed E-state index contributed by atoms with van der Waals surface area (Å²) >= 11 is 0. The molecule has 0 radical (unpaired) electrons. The fourth-order valence-electron chi connectivity index (χ4n) is 3.11. The summed E-state index contributed by atoms with van der Waals surface area (Å²) < 4.78 is 9.88. The number of amides is 3. The highest BCUT2D eigenvalue weighted by Gasteiger charge is 2.23. The SMILES string of the molecule is COc1ccc(/C=C(\C#N)C(=O)OCC(=O)NC(=O)N[C@@H]2CCCC[C@@H]2C)cc1. The summed E-state index contributed by atoms with van der Waals surface area (Å²) in [4.78, 5) is 35.8. The molecule has 0 heterocycles. The highest BCUT2D eigenvalue weighted by Crippen LogP contribution is 2.23. The quantitative estimate of drug-likeness (QED) is 0.431. The Morgan fingerprint density at radius 1 is 1.21 bits per heavy atom. The van der Waals surface area contributed by atoms with Gasteiger partial charge in [-0.3, -0.25) is 10.1 Å². The summed E-state index contributed by atoms with van der Waals surface area (Å²) in [6, 6.07) is 7.88. The van der Waals surface area contributed by atoms with Crippen molar-refractivity contribution >= 4 is 24.0 Å². The Morgan fingerprint density at radius 2 is 1.90 bits per heavy atom. The molecule has 8 heteroatoms. The molecule has 1 aliphatic rings. The van der Waals surface area contributed by atoms with Crippen molar-refractivity contribution in [3.05, 3.63) is 35.4 Å². The van der Waals surface area contributed by atoms with Gasteiger partial charge in [0.05, 0.1) is 7.11 Å².